The van der Waals surface area contributed by atoms with E-state index >= 15 is 0 Å². The molecule has 1 aromatic rings. The monoisotopic (exact) mass is 295 g/mol. The molecule has 0 saturated carbocycles. The molecule has 0 bridgehead atoms. The third-order valence-electron chi connectivity index (χ3n) is 3.91. The first-order valence-corrected chi connectivity index (χ1v) is 7.48. The third-order valence-corrected chi connectivity index (χ3v) is 4.15. The number of anilines is 1. The van der Waals surface area contributed by atoms with Gasteiger partial charge in [0.15, 0.2) is 0 Å². The molecule has 1 heterocycles. The minimum atomic E-state index is -0.238. The Morgan fingerprint density at radius 3 is 2.80 bits per heavy atom. The Morgan fingerprint density at radius 2 is 2.20 bits per heavy atom. The second kappa shape index (κ2) is 6.50. The van der Waals surface area contributed by atoms with Crippen molar-refractivity contribution in [3.05, 3.63) is 29.6 Å². The highest BCUT2D eigenvalue weighted by Crippen LogP contribution is 2.25. The molecule has 1 aromatic carbocycles. The molecule has 1 unspecified atom stereocenters. The lowest BCUT2D eigenvalue weighted by Crippen LogP contribution is -2.40. The maximum absolute atomic E-state index is 14.4. The van der Waals surface area contributed by atoms with Gasteiger partial charge in [0.25, 0.3) is 0 Å². The highest BCUT2D eigenvalue weighted by molar-refractivity contribution is 7.80. The number of thiocarbonyl (C=S) groups is 1. The summed E-state index contributed by atoms with van der Waals surface area (Å²) in [6.45, 7) is 5.05. The molecule has 3 nitrogen and oxygen atoms in total. The first kappa shape index (κ1) is 15.2. The van der Waals surface area contributed by atoms with Crippen molar-refractivity contribution in [3.63, 3.8) is 0 Å². The molecule has 1 aliphatic heterocycles. The topological polar surface area (TPSA) is 32.5 Å². The summed E-state index contributed by atoms with van der Waals surface area (Å²) in [5, 5.41) is 0. The van der Waals surface area contributed by atoms with Crippen molar-refractivity contribution in [2.45, 2.75) is 25.8 Å². The molecule has 0 radical (unpaired) electrons. The summed E-state index contributed by atoms with van der Waals surface area (Å²) in [6.07, 6.45) is 2.05. The number of hydrogen-bond acceptors (Lipinski definition) is 3. The predicted octanol–water partition coefficient (Wildman–Crippen LogP) is 2.38. The molecule has 0 spiro atoms. The molecule has 0 amide bonds. The number of hydrogen-bond donors (Lipinski definition) is 1. The van der Waals surface area contributed by atoms with Gasteiger partial charge in [-0.25, -0.2) is 4.39 Å². The zero-order valence-corrected chi connectivity index (χ0v) is 12.9. The van der Waals surface area contributed by atoms with Crippen molar-refractivity contribution in [1.29, 1.82) is 0 Å². The van der Waals surface area contributed by atoms with Gasteiger partial charge in [0.1, 0.15) is 10.8 Å². The summed E-state index contributed by atoms with van der Waals surface area (Å²) < 4.78 is 14.4. The predicted molar refractivity (Wildman–Crippen MR) is 85.8 cm³/mol. The van der Waals surface area contributed by atoms with Crippen LogP contribution in [0.2, 0.25) is 0 Å². The summed E-state index contributed by atoms with van der Waals surface area (Å²) in [6, 6.07) is 5.39. The molecule has 1 atom stereocenters. The van der Waals surface area contributed by atoms with E-state index in [1.807, 2.05) is 6.07 Å². The molecule has 0 aromatic heterocycles. The van der Waals surface area contributed by atoms with Gasteiger partial charge >= 0.3 is 0 Å². The molecule has 20 heavy (non-hydrogen) atoms. The van der Waals surface area contributed by atoms with Gasteiger partial charge in [0.2, 0.25) is 0 Å². The van der Waals surface area contributed by atoms with Gasteiger partial charge in [0, 0.05) is 24.7 Å². The minimum Gasteiger partial charge on any atom is -0.389 e. The molecule has 5 heteroatoms. The summed E-state index contributed by atoms with van der Waals surface area (Å²) in [5.74, 6) is -0.238. The van der Waals surface area contributed by atoms with Crippen LogP contribution in [-0.4, -0.2) is 42.6 Å². The van der Waals surface area contributed by atoms with Crippen molar-refractivity contribution >= 4 is 22.9 Å². The van der Waals surface area contributed by atoms with E-state index in [-0.39, 0.29) is 10.8 Å². The van der Waals surface area contributed by atoms with Crippen molar-refractivity contribution in [3.8, 4) is 0 Å². The largest absolute Gasteiger partial charge is 0.389 e. The van der Waals surface area contributed by atoms with Crippen molar-refractivity contribution < 1.29 is 4.39 Å². The molecule has 0 aliphatic carbocycles. The standard InChI is InChI=1S/C15H22FN3S/c1-3-12-10-18(2)7-4-8-19(12)14-6-5-11(15(17)20)9-13(14)16/h5-6,9,12H,3-4,7-8,10H2,1-2H3,(H2,17,20). The minimum absolute atomic E-state index is 0.234. The van der Waals surface area contributed by atoms with Crippen molar-refractivity contribution in [2.24, 2.45) is 5.73 Å². The van der Waals surface area contributed by atoms with Gasteiger partial charge in [-0.1, -0.05) is 19.1 Å². The SMILES string of the molecule is CCC1CN(C)CCCN1c1ccc(C(N)=S)cc1F. The second-order valence-electron chi connectivity index (χ2n) is 5.40. The van der Waals surface area contributed by atoms with Gasteiger partial charge in [-0.05, 0) is 44.6 Å². The van der Waals surface area contributed by atoms with Crippen LogP contribution in [-0.2, 0) is 0 Å². The van der Waals surface area contributed by atoms with E-state index in [4.69, 9.17) is 18.0 Å². The van der Waals surface area contributed by atoms with Crippen LogP contribution in [0.25, 0.3) is 0 Å². The summed E-state index contributed by atoms with van der Waals surface area (Å²) in [5.41, 5.74) is 6.80. The van der Waals surface area contributed by atoms with E-state index in [1.54, 1.807) is 6.07 Å². The van der Waals surface area contributed by atoms with Crippen molar-refractivity contribution in [2.75, 3.05) is 31.6 Å². The van der Waals surface area contributed by atoms with E-state index in [0.717, 1.165) is 32.5 Å². The lowest BCUT2D eigenvalue weighted by atomic mass is 10.1. The average Bonchev–Trinajstić information content (AvgIpc) is 2.60. The lowest BCUT2D eigenvalue weighted by molar-refractivity contribution is 0.327. The van der Waals surface area contributed by atoms with Gasteiger partial charge in [0.05, 0.1) is 5.69 Å². The first-order chi connectivity index (χ1) is 9.52. The van der Waals surface area contributed by atoms with Crippen LogP contribution in [0, 0.1) is 5.82 Å². The maximum Gasteiger partial charge on any atom is 0.147 e. The van der Waals surface area contributed by atoms with Crippen LogP contribution in [0.15, 0.2) is 18.2 Å². The zero-order valence-electron chi connectivity index (χ0n) is 12.1. The zero-order chi connectivity index (χ0) is 14.7. The average molecular weight is 295 g/mol. The third kappa shape index (κ3) is 3.27. The van der Waals surface area contributed by atoms with Crippen LogP contribution in [0.1, 0.15) is 25.3 Å². The van der Waals surface area contributed by atoms with E-state index in [1.165, 1.54) is 6.07 Å². The molecule has 2 N–H and O–H groups in total. The Bertz CT molecular complexity index is 492. The molecular formula is C15H22FN3S. The lowest BCUT2D eigenvalue weighted by Gasteiger charge is -2.32. The Balaban J connectivity index is 2.30. The number of nitrogens with zero attached hydrogens (tertiary/aromatic N) is 2. The first-order valence-electron chi connectivity index (χ1n) is 7.07. The van der Waals surface area contributed by atoms with E-state index in [0.29, 0.717) is 17.3 Å². The fourth-order valence-corrected chi connectivity index (χ4v) is 2.93. The summed E-state index contributed by atoms with van der Waals surface area (Å²) in [7, 11) is 2.12. The highest BCUT2D eigenvalue weighted by Gasteiger charge is 2.24. The fraction of sp³-hybridized carbons (Fsp3) is 0.533. The molecule has 2 rings (SSSR count). The molecular weight excluding hydrogens is 273 g/mol. The quantitative estimate of drug-likeness (QED) is 0.868. The van der Waals surface area contributed by atoms with Crippen LogP contribution in [0.5, 0.6) is 0 Å². The van der Waals surface area contributed by atoms with Crippen LogP contribution >= 0.6 is 12.2 Å². The summed E-state index contributed by atoms with van der Waals surface area (Å²) >= 11 is 4.90. The normalized spacial score (nSPS) is 20.8. The number of likely N-dealkylation sites (N-methyl/N-ethyl adjacent to an activating group) is 1. The summed E-state index contributed by atoms with van der Waals surface area (Å²) in [4.78, 5) is 4.73. The van der Waals surface area contributed by atoms with Crippen LogP contribution < -0.4 is 10.6 Å². The van der Waals surface area contributed by atoms with Gasteiger partial charge in [-0.15, -0.1) is 0 Å². The van der Waals surface area contributed by atoms with E-state index in [9.17, 15) is 4.39 Å². The van der Waals surface area contributed by atoms with Gasteiger partial charge in [-0.3, -0.25) is 0 Å². The van der Waals surface area contributed by atoms with Gasteiger partial charge < -0.3 is 15.5 Å². The Labute approximate surface area is 125 Å². The Kier molecular flexibility index (Phi) is 4.94. The van der Waals surface area contributed by atoms with Crippen molar-refractivity contribution in [1.82, 2.24) is 4.90 Å². The fourth-order valence-electron chi connectivity index (χ4n) is 2.80. The molecule has 1 aliphatic rings. The molecule has 1 saturated heterocycles. The number of nitrogens with two attached hydrogens (primary N) is 1. The highest BCUT2D eigenvalue weighted by atomic mass is 32.1. The number of benzene rings is 1. The smallest absolute Gasteiger partial charge is 0.147 e. The van der Waals surface area contributed by atoms with E-state index in [2.05, 4.69) is 23.8 Å². The maximum atomic E-state index is 14.4. The Hall–Kier alpha value is -1.20. The van der Waals surface area contributed by atoms with Gasteiger partial charge in [-0.2, -0.15) is 0 Å². The van der Waals surface area contributed by atoms with E-state index < -0.39 is 0 Å². The molecule has 1 fully saturated rings. The second-order valence-corrected chi connectivity index (χ2v) is 5.84. The number of halogens is 1. The Morgan fingerprint density at radius 1 is 1.45 bits per heavy atom. The molecule has 110 valence electrons. The van der Waals surface area contributed by atoms with Crippen LogP contribution in [0.3, 0.4) is 0 Å². The van der Waals surface area contributed by atoms with Crippen LogP contribution in [0.4, 0.5) is 10.1 Å². The number of rotatable bonds is 3.